The van der Waals surface area contributed by atoms with Gasteiger partial charge in [0.05, 0.1) is 38.3 Å². The Kier molecular flexibility index (Phi) is 18.2. The lowest BCUT2D eigenvalue weighted by atomic mass is 9.80. The third-order valence-electron chi connectivity index (χ3n) is 7.92. The zero-order valence-electron chi connectivity index (χ0n) is 32.2. The highest BCUT2D eigenvalue weighted by Crippen LogP contribution is 2.26. The molecule has 2 rings (SSSR count). The Morgan fingerprint density at radius 1 is 0.827 bits per heavy atom. The van der Waals surface area contributed by atoms with Crippen LogP contribution in [0.3, 0.4) is 0 Å². The fourth-order valence-corrected chi connectivity index (χ4v) is 5.46. The highest BCUT2D eigenvalue weighted by Gasteiger charge is 2.39. The molecule has 0 aromatic heterocycles. The largest absolute Gasteiger partial charge is 0.488 e. The highest BCUT2D eigenvalue weighted by molar-refractivity contribution is 5.82. The lowest BCUT2D eigenvalue weighted by Crippen LogP contribution is -2.62. The van der Waals surface area contributed by atoms with Gasteiger partial charge in [-0.3, -0.25) is 20.2 Å². The second-order valence-corrected chi connectivity index (χ2v) is 15.5. The predicted molar refractivity (Wildman–Crippen MR) is 202 cm³/mol. The van der Waals surface area contributed by atoms with E-state index in [1.54, 1.807) is 20.8 Å². The minimum Gasteiger partial charge on any atom is -0.488 e. The molecule has 0 aliphatic rings. The third-order valence-corrected chi connectivity index (χ3v) is 7.92. The summed E-state index contributed by atoms with van der Waals surface area (Å²) in [5.74, 6) is 1.52. The molecular formula is C40H62N4O8. The van der Waals surface area contributed by atoms with Gasteiger partial charge in [-0.25, -0.2) is 0 Å². The molecule has 290 valence electrons. The molecule has 0 saturated heterocycles. The first-order valence-corrected chi connectivity index (χ1v) is 17.9. The van der Waals surface area contributed by atoms with Crippen molar-refractivity contribution in [1.29, 1.82) is 0 Å². The molecule has 5 atom stereocenters. The van der Waals surface area contributed by atoms with Crippen molar-refractivity contribution < 1.29 is 38.7 Å². The minimum absolute atomic E-state index is 0.196. The number of hydrogen-bond acceptors (Lipinski definition) is 11. The number of amides is 1. The lowest BCUT2D eigenvalue weighted by Gasteiger charge is -2.41. The van der Waals surface area contributed by atoms with Crippen LogP contribution in [0.2, 0.25) is 0 Å². The number of hydrogen-bond donors (Lipinski definition) is 6. The van der Waals surface area contributed by atoms with Crippen molar-refractivity contribution in [2.75, 3.05) is 33.0 Å². The maximum absolute atomic E-state index is 13.5. The fraction of sp³-hybridized carbons (Fsp3) is 0.600. The first kappa shape index (κ1) is 44.6. The van der Waals surface area contributed by atoms with Gasteiger partial charge in [0, 0.05) is 18.0 Å². The second kappa shape index (κ2) is 21.2. The average molecular weight is 727 g/mol. The summed E-state index contributed by atoms with van der Waals surface area (Å²) < 4.78 is 22.2. The van der Waals surface area contributed by atoms with Gasteiger partial charge < -0.3 is 40.2 Å². The standard InChI is InChI=1S/C40H62N4O8/c1-10-21-49-23-24-50-22-20-42-37(48)33(27-34(45)52-39(5,6)7)43-35(46)31(25-28-14-12-11-13-15-28)40(8,9)44-36(47)32(41)26-29-16-18-30(19-17-29)51-38(2,3)4/h1,11-19,31-33,35,37,42-43,46,48H,20-27,41H2,2-9H3,(H,44,47). The SMILES string of the molecule is C#CCOCCOCCNC(O)C(CC(=O)OC(C)(C)C)NC(O)C(Cc1ccccc1)C(C)(C)NC(=O)C(N)Cc1ccc(OC(C)(C)C)cc1. The van der Waals surface area contributed by atoms with Gasteiger partial charge in [0.1, 0.15) is 36.0 Å². The molecule has 2 aromatic rings. The molecule has 1 amide bonds. The van der Waals surface area contributed by atoms with E-state index in [0.29, 0.717) is 26.1 Å². The highest BCUT2D eigenvalue weighted by atomic mass is 16.6. The van der Waals surface area contributed by atoms with E-state index in [-0.39, 0.29) is 37.7 Å². The Morgan fingerprint density at radius 2 is 1.44 bits per heavy atom. The molecule has 0 aliphatic carbocycles. The van der Waals surface area contributed by atoms with Crippen LogP contribution in [0, 0.1) is 18.3 Å². The summed E-state index contributed by atoms with van der Waals surface area (Å²) in [6.45, 7) is 16.2. The normalized spacial score (nSPS) is 15.1. The minimum atomic E-state index is -1.30. The molecule has 12 nitrogen and oxygen atoms in total. The molecule has 2 aromatic carbocycles. The van der Waals surface area contributed by atoms with Crippen LogP contribution in [0.25, 0.3) is 0 Å². The predicted octanol–water partition coefficient (Wildman–Crippen LogP) is 3.07. The van der Waals surface area contributed by atoms with Crippen LogP contribution in [0.5, 0.6) is 5.75 Å². The summed E-state index contributed by atoms with van der Waals surface area (Å²) in [6, 6.07) is 15.2. The summed E-state index contributed by atoms with van der Waals surface area (Å²) in [5, 5.41) is 32.1. The van der Waals surface area contributed by atoms with E-state index in [1.165, 1.54) is 0 Å². The molecule has 0 bridgehead atoms. The van der Waals surface area contributed by atoms with Crippen LogP contribution in [0.15, 0.2) is 54.6 Å². The van der Waals surface area contributed by atoms with Gasteiger partial charge >= 0.3 is 5.97 Å². The van der Waals surface area contributed by atoms with Crippen molar-refractivity contribution in [3.8, 4) is 18.1 Å². The van der Waals surface area contributed by atoms with Gasteiger partial charge in [0.2, 0.25) is 5.91 Å². The number of rotatable bonds is 22. The monoisotopic (exact) mass is 726 g/mol. The van der Waals surface area contributed by atoms with E-state index in [1.807, 2.05) is 89.2 Å². The number of nitrogens with one attached hydrogen (secondary N) is 3. The number of aliphatic hydroxyl groups excluding tert-OH is 2. The van der Waals surface area contributed by atoms with E-state index >= 15 is 0 Å². The molecule has 52 heavy (non-hydrogen) atoms. The molecule has 0 saturated carbocycles. The van der Waals surface area contributed by atoms with Gasteiger partial charge in [-0.15, -0.1) is 6.42 Å². The van der Waals surface area contributed by atoms with Gasteiger partial charge in [-0.05, 0) is 91.5 Å². The van der Waals surface area contributed by atoms with Crippen LogP contribution in [0.4, 0.5) is 0 Å². The average Bonchev–Trinajstić information content (AvgIpc) is 3.04. The van der Waals surface area contributed by atoms with E-state index < -0.39 is 47.6 Å². The van der Waals surface area contributed by atoms with Crippen molar-refractivity contribution in [2.24, 2.45) is 11.7 Å². The first-order valence-electron chi connectivity index (χ1n) is 17.9. The summed E-state index contributed by atoms with van der Waals surface area (Å²) >= 11 is 0. The molecule has 12 heteroatoms. The number of carbonyl (C=O) groups excluding carboxylic acids is 2. The molecule has 0 spiro atoms. The van der Waals surface area contributed by atoms with Gasteiger partial charge in [0.15, 0.2) is 0 Å². The molecular weight excluding hydrogens is 664 g/mol. The maximum Gasteiger partial charge on any atom is 0.308 e. The Balaban J connectivity index is 2.21. The zero-order valence-corrected chi connectivity index (χ0v) is 32.2. The van der Waals surface area contributed by atoms with E-state index in [2.05, 4.69) is 21.9 Å². The van der Waals surface area contributed by atoms with Gasteiger partial charge in [-0.1, -0.05) is 48.4 Å². The molecule has 0 fully saturated rings. The molecule has 0 heterocycles. The van der Waals surface area contributed by atoms with Gasteiger partial charge in [-0.2, -0.15) is 0 Å². The summed E-state index contributed by atoms with van der Waals surface area (Å²) in [7, 11) is 0. The van der Waals surface area contributed by atoms with Crippen LogP contribution in [-0.4, -0.2) is 96.3 Å². The van der Waals surface area contributed by atoms with Crippen molar-refractivity contribution in [3.63, 3.8) is 0 Å². The molecule has 5 unspecified atom stereocenters. The third kappa shape index (κ3) is 17.8. The number of benzene rings is 2. The lowest BCUT2D eigenvalue weighted by molar-refractivity contribution is -0.156. The smallest absolute Gasteiger partial charge is 0.308 e. The number of nitrogens with two attached hydrogens (primary N) is 1. The second-order valence-electron chi connectivity index (χ2n) is 15.5. The number of carbonyl (C=O) groups is 2. The molecule has 7 N–H and O–H groups in total. The van der Waals surface area contributed by atoms with Crippen molar-refractivity contribution in [2.45, 2.75) is 116 Å². The maximum atomic E-state index is 13.5. The Labute approximate surface area is 310 Å². The fourth-order valence-electron chi connectivity index (χ4n) is 5.46. The van der Waals surface area contributed by atoms with Crippen LogP contribution in [0.1, 0.15) is 72.9 Å². The first-order chi connectivity index (χ1) is 24.3. The number of esters is 1. The quantitative estimate of drug-likeness (QED) is 0.0456. The summed E-state index contributed by atoms with van der Waals surface area (Å²) in [6.07, 6.45) is 3.00. The van der Waals surface area contributed by atoms with Crippen LogP contribution >= 0.6 is 0 Å². The summed E-state index contributed by atoms with van der Waals surface area (Å²) in [5.41, 5.74) is 6.11. The van der Waals surface area contributed by atoms with E-state index in [9.17, 15) is 19.8 Å². The number of ether oxygens (including phenoxy) is 4. The Hall–Kier alpha value is -3.54. The van der Waals surface area contributed by atoms with Crippen LogP contribution in [-0.2, 0) is 36.6 Å². The molecule has 0 aliphatic heterocycles. The van der Waals surface area contributed by atoms with Gasteiger partial charge in [0.25, 0.3) is 0 Å². The Bertz CT molecular complexity index is 1380. The van der Waals surface area contributed by atoms with Crippen molar-refractivity contribution in [3.05, 3.63) is 65.7 Å². The zero-order chi connectivity index (χ0) is 39.0. The number of aliphatic hydroxyl groups is 2. The van der Waals surface area contributed by atoms with E-state index in [4.69, 9.17) is 31.1 Å². The van der Waals surface area contributed by atoms with Crippen molar-refractivity contribution in [1.82, 2.24) is 16.0 Å². The van der Waals surface area contributed by atoms with Crippen LogP contribution < -0.4 is 26.4 Å². The topological polar surface area (TPSA) is 174 Å². The summed E-state index contributed by atoms with van der Waals surface area (Å²) in [4.78, 5) is 26.5. The molecule has 0 radical (unpaired) electrons. The Morgan fingerprint density at radius 3 is 2.04 bits per heavy atom. The van der Waals surface area contributed by atoms with E-state index in [0.717, 1.165) is 16.9 Å². The van der Waals surface area contributed by atoms with Crippen molar-refractivity contribution >= 4 is 11.9 Å². The number of terminal acetylenes is 1.